The van der Waals surface area contributed by atoms with Crippen LogP contribution in [0.4, 0.5) is 4.79 Å². The Labute approximate surface area is 249 Å². The number of amides is 1. The quantitative estimate of drug-likeness (QED) is 0.291. The fourth-order valence-corrected chi connectivity index (χ4v) is 6.75. The van der Waals surface area contributed by atoms with Crippen molar-refractivity contribution >= 4 is 16.1 Å². The summed E-state index contributed by atoms with van der Waals surface area (Å²) in [5.41, 5.74) is 0.389. The number of rotatable bonds is 16. The van der Waals surface area contributed by atoms with Gasteiger partial charge in [0.1, 0.15) is 11.9 Å². The third kappa shape index (κ3) is 9.16. The number of benzene rings is 2. The molecule has 0 aromatic heterocycles. The van der Waals surface area contributed by atoms with Crippen LogP contribution >= 0.6 is 0 Å². The van der Waals surface area contributed by atoms with Gasteiger partial charge in [-0.2, -0.15) is 9.57 Å². The highest BCUT2D eigenvalue weighted by Crippen LogP contribution is 2.35. The maximum absolute atomic E-state index is 14.1. The van der Waals surface area contributed by atoms with Gasteiger partial charge in [0, 0.05) is 25.9 Å². The Bertz CT molecular complexity index is 1260. The number of sulfonamides is 1. The zero-order valence-electron chi connectivity index (χ0n) is 24.7. The molecule has 1 heterocycles. The van der Waals surface area contributed by atoms with Crippen molar-refractivity contribution in [2.24, 2.45) is 5.41 Å². The Morgan fingerprint density at radius 2 is 1.88 bits per heavy atom. The summed E-state index contributed by atoms with van der Waals surface area (Å²) < 4.78 is 45.4. The number of aliphatic hydroxyl groups is 1. The average molecular weight is 602 g/mol. The van der Waals surface area contributed by atoms with Crippen LogP contribution in [0.3, 0.4) is 0 Å². The lowest BCUT2D eigenvalue weighted by Gasteiger charge is -2.38. The van der Waals surface area contributed by atoms with Gasteiger partial charge in [-0.05, 0) is 60.9 Å². The first-order valence-electron chi connectivity index (χ1n) is 14.4. The molecule has 1 fully saturated rings. The third-order valence-electron chi connectivity index (χ3n) is 8.09. The second-order valence-electron chi connectivity index (χ2n) is 10.7. The van der Waals surface area contributed by atoms with Gasteiger partial charge in [-0.3, -0.25) is 0 Å². The molecular weight excluding hydrogens is 558 g/mol. The Kier molecular flexibility index (Phi) is 12.6. The smallest absolute Gasteiger partial charge is 0.407 e. The van der Waals surface area contributed by atoms with E-state index in [9.17, 15) is 23.6 Å². The van der Waals surface area contributed by atoms with Gasteiger partial charge in [0.2, 0.25) is 10.0 Å². The first-order valence-corrected chi connectivity index (χ1v) is 15.9. The van der Waals surface area contributed by atoms with E-state index in [1.807, 2.05) is 44.2 Å². The van der Waals surface area contributed by atoms with Gasteiger partial charge in [-0.15, -0.1) is 0 Å². The van der Waals surface area contributed by atoms with Gasteiger partial charge in [-0.1, -0.05) is 44.2 Å². The number of nitrogens with one attached hydrogen (secondary N) is 1. The van der Waals surface area contributed by atoms with E-state index in [-0.39, 0.29) is 36.9 Å². The minimum atomic E-state index is -4.08. The van der Waals surface area contributed by atoms with Crippen molar-refractivity contribution in [3.63, 3.8) is 0 Å². The van der Waals surface area contributed by atoms with E-state index in [0.717, 1.165) is 5.56 Å². The molecule has 0 unspecified atom stereocenters. The molecule has 1 aliphatic heterocycles. The highest BCUT2D eigenvalue weighted by atomic mass is 32.2. The molecule has 2 aromatic rings. The van der Waals surface area contributed by atoms with E-state index < -0.39 is 33.7 Å². The molecule has 2 aromatic carbocycles. The van der Waals surface area contributed by atoms with Gasteiger partial charge in [0.05, 0.1) is 43.4 Å². The molecular formula is C31H43N3O7S. The van der Waals surface area contributed by atoms with Crippen LogP contribution in [0.5, 0.6) is 5.75 Å². The van der Waals surface area contributed by atoms with Crippen molar-refractivity contribution in [3.8, 4) is 11.8 Å². The topological polar surface area (TPSA) is 138 Å². The van der Waals surface area contributed by atoms with Crippen molar-refractivity contribution < 1.29 is 32.5 Å². The van der Waals surface area contributed by atoms with Crippen molar-refractivity contribution in [2.45, 2.75) is 75.5 Å². The second kappa shape index (κ2) is 15.9. The number of carbonyl (C=O) groups excluding carboxylic acids is 1. The van der Waals surface area contributed by atoms with Gasteiger partial charge in [0.25, 0.3) is 0 Å². The molecule has 0 spiro atoms. The molecule has 10 nitrogen and oxygen atoms in total. The van der Waals surface area contributed by atoms with Crippen LogP contribution in [-0.2, 0) is 25.9 Å². The summed E-state index contributed by atoms with van der Waals surface area (Å²) in [6.07, 6.45) is 0.615. The fourth-order valence-electron chi connectivity index (χ4n) is 5.18. The number of aliphatic hydroxyl groups excluding tert-OH is 1. The molecule has 11 heteroatoms. The number of nitriles is 1. The molecule has 230 valence electrons. The van der Waals surface area contributed by atoms with Crippen LogP contribution in [0, 0.1) is 16.7 Å². The lowest BCUT2D eigenvalue weighted by Crippen LogP contribution is -2.52. The first-order chi connectivity index (χ1) is 20.2. The molecule has 2 N–H and O–H groups in total. The van der Waals surface area contributed by atoms with Crippen molar-refractivity contribution in [2.75, 3.05) is 33.4 Å². The number of alkyl carbamates (subject to hydrolysis) is 1. The molecule has 0 saturated carbocycles. The van der Waals surface area contributed by atoms with E-state index in [1.54, 1.807) is 12.1 Å². The minimum Gasteiger partial charge on any atom is -0.497 e. The zero-order valence-corrected chi connectivity index (χ0v) is 25.5. The second-order valence-corrected chi connectivity index (χ2v) is 12.7. The highest BCUT2D eigenvalue weighted by Gasteiger charge is 2.37. The SMILES string of the molecule is CCC(CC)(CCC#N)CN(C[C@@H](O)[C@H](Cc1ccccc1)NC(=O)O[C@H]1CCOC1)S(=O)(=O)c1ccc(OC)cc1. The number of ether oxygens (including phenoxy) is 3. The maximum atomic E-state index is 14.1. The lowest BCUT2D eigenvalue weighted by molar-refractivity contribution is 0.0606. The van der Waals surface area contributed by atoms with E-state index in [4.69, 9.17) is 14.2 Å². The van der Waals surface area contributed by atoms with E-state index >= 15 is 0 Å². The number of nitrogens with zero attached hydrogens (tertiary/aromatic N) is 2. The standard InChI is InChI=1S/C31H43N3O7S/c1-4-31(5-2,17-9-18-32)23-34(42(37,38)27-14-12-25(39-3)13-15-27)21-29(35)28(20-24-10-7-6-8-11-24)33-30(36)41-26-16-19-40-22-26/h6-8,10-15,26,28-29,35H,4-5,9,16-17,19-23H2,1-3H3,(H,33,36)/t26-,28-,29+/m0/s1. The summed E-state index contributed by atoms with van der Waals surface area (Å²) >= 11 is 0. The van der Waals surface area contributed by atoms with Gasteiger partial charge in [0.15, 0.2) is 0 Å². The fraction of sp³-hybridized carbons (Fsp3) is 0.548. The maximum Gasteiger partial charge on any atom is 0.407 e. The highest BCUT2D eigenvalue weighted by molar-refractivity contribution is 7.89. The van der Waals surface area contributed by atoms with E-state index in [2.05, 4.69) is 11.4 Å². The predicted molar refractivity (Wildman–Crippen MR) is 158 cm³/mol. The Morgan fingerprint density at radius 1 is 1.19 bits per heavy atom. The average Bonchev–Trinajstić information content (AvgIpc) is 3.51. The van der Waals surface area contributed by atoms with E-state index in [1.165, 1.54) is 23.5 Å². The number of carbonyl (C=O) groups is 1. The Balaban J connectivity index is 1.93. The normalized spacial score (nSPS) is 16.9. The molecule has 0 radical (unpaired) electrons. The first kappa shape index (κ1) is 33.3. The number of methoxy groups -OCH3 is 1. The van der Waals surface area contributed by atoms with Crippen LogP contribution in [0.25, 0.3) is 0 Å². The summed E-state index contributed by atoms with van der Waals surface area (Å²) in [5.74, 6) is 0.518. The molecule has 1 amide bonds. The van der Waals surface area contributed by atoms with Crippen LogP contribution in [0.2, 0.25) is 0 Å². The lowest BCUT2D eigenvalue weighted by atomic mass is 9.78. The van der Waals surface area contributed by atoms with Crippen molar-refractivity contribution in [1.82, 2.24) is 9.62 Å². The summed E-state index contributed by atoms with van der Waals surface area (Å²) in [4.78, 5) is 12.9. The summed E-state index contributed by atoms with van der Waals surface area (Å²) in [6.45, 7) is 4.62. The third-order valence-corrected chi connectivity index (χ3v) is 9.92. The molecule has 0 bridgehead atoms. The van der Waals surface area contributed by atoms with Crippen LogP contribution in [0.15, 0.2) is 59.5 Å². The molecule has 42 heavy (non-hydrogen) atoms. The van der Waals surface area contributed by atoms with E-state index in [0.29, 0.717) is 44.6 Å². The molecule has 1 saturated heterocycles. The molecule has 3 atom stereocenters. The molecule has 3 rings (SSSR count). The summed E-state index contributed by atoms with van der Waals surface area (Å²) in [7, 11) is -2.58. The number of hydrogen-bond donors (Lipinski definition) is 2. The van der Waals surface area contributed by atoms with Crippen molar-refractivity contribution in [3.05, 3.63) is 60.2 Å². The van der Waals surface area contributed by atoms with Gasteiger partial charge in [-0.25, -0.2) is 13.2 Å². The minimum absolute atomic E-state index is 0.0603. The summed E-state index contributed by atoms with van der Waals surface area (Å²) in [6, 6.07) is 16.8. The molecule has 1 aliphatic rings. The Hall–Kier alpha value is -3.17. The predicted octanol–water partition coefficient (Wildman–Crippen LogP) is 4.28. The Morgan fingerprint density at radius 3 is 2.45 bits per heavy atom. The summed E-state index contributed by atoms with van der Waals surface area (Å²) in [5, 5.41) is 23.7. The van der Waals surface area contributed by atoms with Crippen molar-refractivity contribution in [1.29, 1.82) is 5.26 Å². The van der Waals surface area contributed by atoms with Crippen LogP contribution in [0.1, 0.15) is 51.5 Å². The largest absolute Gasteiger partial charge is 0.497 e. The zero-order chi connectivity index (χ0) is 30.6. The van der Waals surface area contributed by atoms with Gasteiger partial charge >= 0.3 is 6.09 Å². The van der Waals surface area contributed by atoms with Gasteiger partial charge < -0.3 is 24.6 Å². The van der Waals surface area contributed by atoms with Crippen LogP contribution < -0.4 is 10.1 Å². The molecule has 0 aliphatic carbocycles. The van der Waals surface area contributed by atoms with Crippen LogP contribution in [-0.4, -0.2) is 75.6 Å². The number of hydrogen-bond acceptors (Lipinski definition) is 8. The monoisotopic (exact) mass is 601 g/mol.